The molecule has 1 heterocycles. The molecule has 1 atom stereocenters. The Hall–Kier alpha value is -2.91. The number of anilines is 1. The lowest BCUT2D eigenvalue weighted by molar-refractivity contribution is 0.0518. The fourth-order valence-corrected chi connectivity index (χ4v) is 3.48. The normalized spacial score (nSPS) is 16.9. The number of fused-ring (bicyclic) bond motifs is 1. The van der Waals surface area contributed by atoms with Crippen molar-refractivity contribution in [2.24, 2.45) is 4.99 Å². The van der Waals surface area contributed by atoms with E-state index < -0.39 is 0 Å². The van der Waals surface area contributed by atoms with E-state index in [4.69, 9.17) is 9.73 Å². The molecule has 27 heavy (non-hydrogen) atoms. The van der Waals surface area contributed by atoms with Crippen molar-refractivity contribution in [1.29, 1.82) is 0 Å². The lowest BCUT2D eigenvalue weighted by atomic mass is 9.99. The Morgan fingerprint density at radius 1 is 0.889 bits per heavy atom. The number of benzene rings is 3. The molecule has 3 heteroatoms. The van der Waals surface area contributed by atoms with E-state index in [1.807, 2.05) is 24.3 Å². The van der Waals surface area contributed by atoms with Crippen LogP contribution in [0, 0.1) is 0 Å². The third kappa shape index (κ3) is 4.09. The Morgan fingerprint density at radius 2 is 1.56 bits per heavy atom. The molecule has 0 bridgehead atoms. The zero-order chi connectivity index (χ0) is 18.5. The quantitative estimate of drug-likeness (QED) is 0.685. The summed E-state index contributed by atoms with van der Waals surface area (Å²) in [7, 11) is 2.13. The van der Waals surface area contributed by atoms with Gasteiger partial charge in [-0.15, -0.1) is 0 Å². The van der Waals surface area contributed by atoms with E-state index in [9.17, 15) is 0 Å². The van der Waals surface area contributed by atoms with Crippen LogP contribution in [0.1, 0.15) is 16.7 Å². The smallest absolute Gasteiger partial charge is 0.0949 e. The summed E-state index contributed by atoms with van der Waals surface area (Å²) in [5.74, 6) is 0. The van der Waals surface area contributed by atoms with Crippen LogP contribution < -0.4 is 4.90 Å². The van der Waals surface area contributed by atoms with E-state index in [0.717, 1.165) is 17.8 Å². The molecule has 3 nitrogen and oxygen atoms in total. The van der Waals surface area contributed by atoms with E-state index in [-0.39, 0.29) is 6.10 Å². The first-order valence-corrected chi connectivity index (χ1v) is 9.37. The number of hydrogen-bond acceptors (Lipinski definition) is 3. The van der Waals surface area contributed by atoms with Crippen LogP contribution in [0.3, 0.4) is 0 Å². The van der Waals surface area contributed by atoms with Crippen LogP contribution in [0.15, 0.2) is 89.9 Å². The Labute approximate surface area is 160 Å². The van der Waals surface area contributed by atoms with E-state index >= 15 is 0 Å². The summed E-state index contributed by atoms with van der Waals surface area (Å²) in [6, 6.07) is 29.2. The standard InChI is InChI=1S/C24H24N2O/c1-26-17-21(27-18-19-10-4-2-5-11-19)16-25-24(20-12-6-3-7-13-20)22-14-8-9-15-23(22)26/h2-15,21H,16-18H2,1H3. The predicted molar refractivity (Wildman–Crippen MR) is 112 cm³/mol. The third-order valence-corrected chi connectivity index (χ3v) is 4.88. The van der Waals surface area contributed by atoms with Crippen molar-refractivity contribution in [3.8, 4) is 0 Å². The summed E-state index contributed by atoms with van der Waals surface area (Å²) in [5.41, 5.74) is 5.73. The van der Waals surface area contributed by atoms with Gasteiger partial charge in [-0.05, 0) is 11.6 Å². The Morgan fingerprint density at radius 3 is 2.33 bits per heavy atom. The first-order chi connectivity index (χ1) is 13.3. The molecule has 1 aliphatic heterocycles. The summed E-state index contributed by atoms with van der Waals surface area (Å²) >= 11 is 0. The van der Waals surface area contributed by atoms with Gasteiger partial charge in [-0.25, -0.2) is 0 Å². The Balaban J connectivity index is 1.63. The van der Waals surface area contributed by atoms with Crippen molar-refractivity contribution in [1.82, 2.24) is 0 Å². The van der Waals surface area contributed by atoms with Crippen molar-refractivity contribution in [3.05, 3.63) is 102 Å². The van der Waals surface area contributed by atoms with Crippen LogP contribution in [-0.2, 0) is 11.3 Å². The summed E-state index contributed by atoms with van der Waals surface area (Å²) in [6.07, 6.45) is 0.0438. The first kappa shape index (κ1) is 17.5. The fraction of sp³-hybridized carbons (Fsp3) is 0.208. The molecule has 0 fully saturated rings. The second kappa shape index (κ2) is 8.19. The van der Waals surface area contributed by atoms with Crippen LogP contribution >= 0.6 is 0 Å². The van der Waals surface area contributed by atoms with Crippen LogP contribution in [-0.4, -0.2) is 32.0 Å². The Kier molecular flexibility index (Phi) is 5.31. The molecule has 136 valence electrons. The third-order valence-electron chi connectivity index (χ3n) is 4.88. The van der Waals surface area contributed by atoms with Crippen molar-refractivity contribution in [2.45, 2.75) is 12.7 Å². The van der Waals surface area contributed by atoms with Crippen molar-refractivity contribution in [3.63, 3.8) is 0 Å². The number of para-hydroxylation sites is 1. The zero-order valence-corrected chi connectivity index (χ0v) is 15.6. The van der Waals surface area contributed by atoms with Gasteiger partial charge in [0.15, 0.2) is 0 Å². The van der Waals surface area contributed by atoms with Gasteiger partial charge in [0.25, 0.3) is 0 Å². The second-order valence-corrected chi connectivity index (χ2v) is 6.87. The second-order valence-electron chi connectivity index (χ2n) is 6.87. The summed E-state index contributed by atoms with van der Waals surface area (Å²) in [6.45, 7) is 2.07. The molecule has 0 radical (unpaired) electrons. The van der Waals surface area contributed by atoms with Gasteiger partial charge in [0.05, 0.1) is 25.0 Å². The average Bonchev–Trinajstić information content (AvgIpc) is 2.72. The van der Waals surface area contributed by atoms with E-state index in [0.29, 0.717) is 13.2 Å². The summed E-state index contributed by atoms with van der Waals surface area (Å²) in [5, 5.41) is 0. The largest absolute Gasteiger partial charge is 0.371 e. The SMILES string of the molecule is CN1CC(OCc2ccccc2)CN=C(c2ccccc2)c2ccccc21. The monoisotopic (exact) mass is 356 g/mol. The van der Waals surface area contributed by atoms with Gasteiger partial charge < -0.3 is 9.64 Å². The highest BCUT2D eigenvalue weighted by molar-refractivity contribution is 6.16. The molecule has 0 spiro atoms. The minimum absolute atomic E-state index is 0.0438. The highest BCUT2D eigenvalue weighted by atomic mass is 16.5. The molecule has 0 aliphatic carbocycles. The highest BCUT2D eigenvalue weighted by Crippen LogP contribution is 2.25. The topological polar surface area (TPSA) is 24.8 Å². The van der Waals surface area contributed by atoms with Gasteiger partial charge in [-0.3, -0.25) is 4.99 Å². The molecule has 3 aromatic rings. The molecule has 1 unspecified atom stereocenters. The molecule has 1 aliphatic rings. The number of likely N-dealkylation sites (N-methyl/N-ethyl adjacent to an activating group) is 1. The summed E-state index contributed by atoms with van der Waals surface area (Å²) < 4.78 is 6.23. The zero-order valence-electron chi connectivity index (χ0n) is 15.6. The van der Waals surface area contributed by atoms with Crippen molar-refractivity contribution >= 4 is 11.4 Å². The fourth-order valence-electron chi connectivity index (χ4n) is 3.48. The number of ether oxygens (including phenoxy) is 1. The van der Waals surface area contributed by atoms with Gasteiger partial charge in [-0.1, -0.05) is 78.9 Å². The predicted octanol–water partition coefficient (Wildman–Crippen LogP) is 4.56. The lowest BCUT2D eigenvalue weighted by Gasteiger charge is -2.30. The molecule has 0 aromatic heterocycles. The molecule has 4 rings (SSSR count). The van der Waals surface area contributed by atoms with E-state index in [1.54, 1.807) is 0 Å². The van der Waals surface area contributed by atoms with E-state index in [2.05, 4.69) is 72.6 Å². The van der Waals surface area contributed by atoms with Crippen LogP contribution in [0.4, 0.5) is 5.69 Å². The van der Waals surface area contributed by atoms with Crippen LogP contribution in [0.5, 0.6) is 0 Å². The van der Waals surface area contributed by atoms with Gasteiger partial charge in [0.1, 0.15) is 0 Å². The highest BCUT2D eigenvalue weighted by Gasteiger charge is 2.21. The van der Waals surface area contributed by atoms with Crippen LogP contribution in [0.2, 0.25) is 0 Å². The molecular weight excluding hydrogens is 332 g/mol. The maximum absolute atomic E-state index is 6.23. The minimum Gasteiger partial charge on any atom is -0.371 e. The molecule has 0 amide bonds. The molecule has 0 saturated heterocycles. The van der Waals surface area contributed by atoms with E-state index in [1.165, 1.54) is 16.8 Å². The lowest BCUT2D eigenvalue weighted by Crippen LogP contribution is -2.36. The maximum Gasteiger partial charge on any atom is 0.0949 e. The molecule has 0 saturated carbocycles. The minimum atomic E-state index is 0.0438. The Bertz CT molecular complexity index is 906. The number of aliphatic imine (C=N–C) groups is 1. The van der Waals surface area contributed by atoms with Crippen molar-refractivity contribution in [2.75, 3.05) is 25.0 Å². The average molecular weight is 356 g/mol. The maximum atomic E-state index is 6.23. The molecule has 3 aromatic carbocycles. The number of nitrogens with zero attached hydrogens (tertiary/aromatic N) is 2. The van der Waals surface area contributed by atoms with Gasteiger partial charge in [-0.2, -0.15) is 0 Å². The number of rotatable bonds is 4. The first-order valence-electron chi connectivity index (χ1n) is 9.37. The van der Waals surface area contributed by atoms with Gasteiger partial charge in [0.2, 0.25) is 0 Å². The van der Waals surface area contributed by atoms with Crippen molar-refractivity contribution < 1.29 is 4.74 Å². The molecular formula is C24H24N2O. The number of hydrogen-bond donors (Lipinski definition) is 0. The van der Waals surface area contributed by atoms with Gasteiger partial charge in [0, 0.05) is 30.4 Å². The molecule has 0 N–H and O–H groups in total. The van der Waals surface area contributed by atoms with Crippen LogP contribution in [0.25, 0.3) is 0 Å². The summed E-state index contributed by atoms with van der Waals surface area (Å²) in [4.78, 5) is 7.27. The van der Waals surface area contributed by atoms with Gasteiger partial charge >= 0.3 is 0 Å².